The van der Waals surface area contributed by atoms with E-state index in [1.165, 1.54) is 6.07 Å². The third-order valence-electron chi connectivity index (χ3n) is 3.24. The van der Waals surface area contributed by atoms with Crippen molar-refractivity contribution < 1.29 is 24.1 Å². The zero-order valence-electron chi connectivity index (χ0n) is 13.2. The standard InChI is InChI=1S/C18H18O5/c1-4-17(15-7-5-6-8-16(15)18(19)20)23-14-10-12(21-2)9-13(11-14)22-3/h4-11H,1-3H3,(H,19,20)/b17-4+. The highest BCUT2D eigenvalue weighted by Gasteiger charge is 2.15. The third-order valence-corrected chi connectivity index (χ3v) is 3.24. The second kappa shape index (κ2) is 7.35. The van der Waals surface area contributed by atoms with Crippen molar-refractivity contribution in [3.05, 3.63) is 59.7 Å². The monoisotopic (exact) mass is 314 g/mol. The van der Waals surface area contributed by atoms with Crippen LogP contribution in [0.2, 0.25) is 0 Å². The maximum absolute atomic E-state index is 11.4. The van der Waals surface area contributed by atoms with Gasteiger partial charge in [-0.25, -0.2) is 4.79 Å². The van der Waals surface area contributed by atoms with Crippen LogP contribution in [0.4, 0.5) is 0 Å². The summed E-state index contributed by atoms with van der Waals surface area (Å²) in [6.45, 7) is 1.78. The van der Waals surface area contributed by atoms with E-state index in [0.29, 0.717) is 28.6 Å². The lowest BCUT2D eigenvalue weighted by atomic mass is 10.1. The van der Waals surface area contributed by atoms with Crippen LogP contribution in [0, 0.1) is 0 Å². The highest BCUT2D eigenvalue weighted by Crippen LogP contribution is 2.31. The van der Waals surface area contributed by atoms with Gasteiger partial charge in [0, 0.05) is 23.8 Å². The van der Waals surface area contributed by atoms with Crippen molar-refractivity contribution >= 4 is 11.7 Å². The fourth-order valence-electron chi connectivity index (χ4n) is 2.12. The normalized spacial score (nSPS) is 11.0. The van der Waals surface area contributed by atoms with Crippen LogP contribution in [0.5, 0.6) is 17.2 Å². The molecule has 1 N–H and O–H groups in total. The number of aromatic carboxylic acids is 1. The number of carboxylic acids is 1. The van der Waals surface area contributed by atoms with Crippen molar-refractivity contribution in [1.82, 2.24) is 0 Å². The van der Waals surface area contributed by atoms with Gasteiger partial charge < -0.3 is 19.3 Å². The molecule has 0 aliphatic carbocycles. The fraction of sp³-hybridized carbons (Fsp3) is 0.167. The first-order valence-corrected chi connectivity index (χ1v) is 6.99. The largest absolute Gasteiger partial charge is 0.496 e. The lowest BCUT2D eigenvalue weighted by Crippen LogP contribution is -2.05. The van der Waals surface area contributed by atoms with E-state index in [1.54, 1.807) is 63.6 Å². The first kappa shape index (κ1) is 16.4. The van der Waals surface area contributed by atoms with Crippen molar-refractivity contribution in [2.75, 3.05) is 14.2 Å². The van der Waals surface area contributed by atoms with Crippen molar-refractivity contribution in [2.45, 2.75) is 6.92 Å². The summed E-state index contributed by atoms with van der Waals surface area (Å²) >= 11 is 0. The van der Waals surface area contributed by atoms with Crippen molar-refractivity contribution in [3.8, 4) is 17.2 Å². The number of ether oxygens (including phenoxy) is 3. The van der Waals surface area contributed by atoms with E-state index >= 15 is 0 Å². The summed E-state index contributed by atoms with van der Waals surface area (Å²) in [6.07, 6.45) is 1.72. The van der Waals surface area contributed by atoms with Crippen LogP contribution in [0.25, 0.3) is 5.76 Å². The molecule has 0 bridgehead atoms. The maximum atomic E-state index is 11.4. The minimum Gasteiger partial charge on any atom is -0.496 e. The average Bonchev–Trinajstić information content (AvgIpc) is 2.59. The Hall–Kier alpha value is -2.95. The van der Waals surface area contributed by atoms with E-state index in [9.17, 15) is 9.90 Å². The molecule has 23 heavy (non-hydrogen) atoms. The molecule has 0 saturated carbocycles. The smallest absolute Gasteiger partial charge is 0.336 e. The summed E-state index contributed by atoms with van der Waals surface area (Å²) in [5, 5.41) is 9.32. The van der Waals surface area contributed by atoms with E-state index in [0.717, 1.165) is 0 Å². The molecule has 2 aromatic rings. The van der Waals surface area contributed by atoms with E-state index < -0.39 is 5.97 Å². The average molecular weight is 314 g/mol. The van der Waals surface area contributed by atoms with Crippen LogP contribution in [0.15, 0.2) is 48.5 Å². The highest BCUT2D eigenvalue weighted by molar-refractivity contribution is 5.93. The van der Waals surface area contributed by atoms with Gasteiger partial charge in [0.05, 0.1) is 19.8 Å². The molecule has 0 aliphatic heterocycles. The summed E-state index contributed by atoms with van der Waals surface area (Å²) in [7, 11) is 3.10. The molecule has 2 aromatic carbocycles. The van der Waals surface area contributed by atoms with Crippen molar-refractivity contribution in [2.24, 2.45) is 0 Å². The van der Waals surface area contributed by atoms with Crippen LogP contribution in [0.3, 0.4) is 0 Å². The molecule has 2 rings (SSSR count). The zero-order valence-corrected chi connectivity index (χ0v) is 13.2. The first-order valence-electron chi connectivity index (χ1n) is 6.99. The summed E-state index contributed by atoms with van der Waals surface area (Å²) in [5.41, 5.74) is 0.680. The van der Waals surface area contributed by atoms with E-state index in [2.05, 4.69) is 0 Å². The van der Waals surface area contributed by atoms with Gasteiger partial charge in [-0.05, 0) is 19.1 Å². The molecule has 0 atom stereocenters. The number of hydrogen-bond donors (Lipinski definition) is 1. The topological polar surface area (TPSA) is 65.0 Å². The van der Waals surface area contributed by atoms with Gasteiger partial charge in [0.25, 0.3) is 0 Å². The van der Waals surface area contributed by atoms with Gasteiger partial charge in [-0.1, -0.05) is 18.2 Å². The Morgan fingerprint density at radius 2 is 1.48 bits per heavy atom. The van der Waals surface area contributed by atoms with Gasteiger partial charge in [-0.15, -0.1) is 0 Å². The van der Waals surface area contributed by atoms with Crippen LogP contribution < -0.4 is 14.2 Å². The minimum atomic E-state index is -1.01. The Morgan fingerprint density at radius 3 is 1.96 bits per heavy atom. The number of hydrogen-bond acceptors (Lipinski definition) is 4. The van der Waals surface area contributed by atoms with Crippen LogP contribution >= 0.6 is 0 Å². The SMILES string of the molecule is C/C=C(/Oc1cc(OC)cc(OC)c1)c1ccccc1C(=O)O. The van der Waals surface area contributed by atoms with Gasteiger partial charge in [-0.3, -0.25) is 0 Å². The molecular formula is C18H18O5. The number of allylic oxidation sites excluding steroid dienone is 1. The summed E-state index contributed by atoms with van der Waals surface area (Å²) < 4.78 is 16.3. The minimum absolute atomic E-state index is 0.176. The van der Waals surface area contributed by atoms with Crippen molar-refractivity contribution in [1.29, 1.82) is 0 Å². The Balaban J connectivity index is 2.40. The molecule has 0 spiro atoms. The van der Waals surface area contributed by atoms with Gasteiger partial charge >= 0.3 is 5.97 Å². The third kappa shape index (κ3) is 3.83. The Kier molecular flexibility index (Phi) is 5.25. The molecule has 0 saturated heterocycles. The number of carbonyl (C=O) groups is 1. The summed E-state index contributed by atoms with van der Waals surface area (Å²) in [5.74, 6) is 1.10. The molecule has 5 nitrogen and oxygen atoms in total. The van der Waals surface area contributed by atoms with Gasteiger partial charge in [0.1, 0.15) is 23.0 Å². The van der Waals surface area contributed by atoms with E-state index in [1.807, 2.05) is 0 Å². The van der Waals surface area contributed by atoms with Crippen molar-refractivity contribution in [3.63, 3.8) is 0 Å². The molecule has 120 valence electrons. The van der Waals surface area contributed by atoms with Crippen LogP contribution in [-0.4, -0.2) is 25.3 Å². The number of carboxylic acid groups (broad SMARTS) is 1. The first-order chi connectivity index (χ1) is 11.1. The molecule has 0 radical (unpaired) electrons. The molecular weight excluding hydrogens is 296 g/mol. The Morgan fingerprint density at radius 1 is 0.957 bits per heavy atom. The number of rotatable bonds is 6. The number of benzene rings is 2. The molecule has 0 heterocycles. The molecule has 0 fully saturated rings. The molecule has 0 aliphatic rings. The highest BCUT2D eigenvalue weighted by atomic mass is 16.5. The summed E-state index contributed by atoms with van der Waals surface area (Å²) in [6, 6.07) is 11.8. The molecule has 0 unspecified atom stereocenters. The molecule has 0 amide bonds. The Bertz CT molecular complexity index is 712. The van der Waals surface area contributed by atoms with Crippen LogP contribution in [0.1, 0.15) is 22.8 Å². The molecule has 5 heteroatoms. The quantitative estimate of drug-likeness (QED) is 0.821. The maximum Gasteiger partial charge on any atom is 0.336 e. The van der Waals surface area contributed by atoms with Gasteiger partial charge in [0.2, 0.25) is 0 Å². The van der Waals surface area contributed by atoms with E-state index in [4.69, 9.17) is 14.2 Å². The number of methoxy groups -OCH3 is 2. The van der Waals surface area contributed by atoms with E-state index in [-0.39, 0.29) is 5.56 Å². The predicted octanol–water partition coefficient (Wildman–Crippen LogP) is 3.84. The second-order valence-electron chi connectivity index (χ2n) is 4.65. The second-order valence-corrected chi connectivity index (χ2v) is 4.65. The fourth-order valence-corrected chi connectivity index (χ4v) is 2.12. The summed E-state index contributed by atoms with van der Waals surface area (Å²) in [4.78, 5) is 11.4. The van der Waals surface area contributed by atoms with Crippen LogP contribution in [-0.2, 0) is 0 Å². The van der Waals surface area contributed by atoms with Gasteiger partial charge in [0.15, 0.2) is 0 Å². The predicted molar refractivity (Wildman–Crippen MR) is 87.2 cm³/mol. The Labute approximate surface area is 134 Å². The zero-order chi connectivity index (χ0) is 16.8. The van der Waals surface area contributed by atoms with Gasteiger partial charge in [-0.2, -0.15) is 0 Å². The lowest BCUT2D eigenvalue weighted by Gasteiger charge is -2.14. The molecule has 0 aromatic heterocycles. The lowest BCUT2D eigenvalue weighted by molar-refractivity contribution is 0.0696.